The second kappa shape index (κ2) is 12.9. The molecule has 0 unspecified atom stereocenters. The van der Waals surface area contributed by atoms with Crippen molar-refractivity contribution in [2.45, 2.75) is 90.3 Å². The second-order valence-electron chi connectivity index (χ2n) is 11.5. The number of benzene rings is 2. The highest BCUT2D eigenvalue weighted by Gasteiger charge is 2.33. The number of amides is 2. The maximum atomic E-state index is 13.8. The minimum atomic E-state index is -3.81. The van der Waals surface area contributed by atoms with Gasteiger partial charge in [0.25, 0.3) is 0 Å². The third-order valence-corrected chi connectivity index (χ3v) is 8.44. The smallest absolute Gasteiger partial charge is 0.244 e. The van der Waals surface area contributed by atoms with Crippen LogP contribution in [0.25, 0.3) is 0 Å². The summed E-state index contributed by atoms with van der Waals surface area (Å²) in [6.45, 7) is 7.62. The molecule has 9 heteroatoms. The van der Waals surface area contributed by atoms with Crippen molar-refractivity contribution in [1.29, 1.82) is 0 Å². The third-order valence-electron chi connectivity index (χ3n) is 7.30. The zero-order valence-corrected chi connectivity index (χ0v) is 24.6. The van der Waals surface area contributed by atoms with Crippen molar-refractivity contribution in [2.75, 3.05) is 17.1 Å². The average molecular weight is 560 g/mol. The first kappa shape index (κ1) is 30.6. The van der Waals surface area contributed by atoms with Gasteiger partial charge in [0.05, 0.1) is 11.9 Å². The molecule has 1 aliphatic rings. The number of halogens is 1. The number of rotatable bonds is 10. The Balaban J connectivity index is 1.91. The van der Waals surface area contributed by atoms with E-state index in [2.05, 4.69) is 26.1 Å². The van der Waals surface area contributed by atoms with Crippen LogP contribution in [0.1, 0.15) is 77.3 Å². The number of carbonyl (C=O) groups excluding carboxylic acids is 2. The van der Waals surface area contributed by atoms with E-state index < -0.39 is 34.3 Å². The van der Waals surface area contributed by atoms with Gasteiger partial charge in [-0.05, 0) is 60.1 Å². The summed E-state index contributed by atoms with van der Waals surface area (Å²) in [5, 5.41) is 3.11. The number of nitrogens with one attached hydrogen (secondary N) is 1. The van der Waals surface area contributed by atoms with Crippen LogP contribution >= 0.6 is 0 Å². The fourth-order valence-electron chi connectivity index (χ4n) is 4.99. The Bertz CT molecular complexity index is 1220. The summed E-state index contributed by atoms with van der Waals surface area (Å²) in [6.07, 6.45) is 6.48. The van der Waals surface area contributed by atoms with Crippen molar-refractivity contribution < 1.29 is 22.4 Å². The number of hydrogen-bond donors (Lipinski definition) is 1. The Morgan fingerprint density at radius 3 is 2.10 bits per heavy atom. The van der Waals surface area contributed by atoms with E-state index in [1.165, 1.54) is 17.0 Å². The summed E-state index contributed by atoms with van der Waals surface area (Å²) in [5.74, 6) is -1.16. The Morgan fingerprint density at radius 1 is 1.00 bits per heavy atom. The minimum absolute atomic E-state index is 0.0519. The highest BCUT2D eigenvalue weighted by atomic mass is 32.2. The summed E-state index contributed by atoms with van der Waals surface area (Å²) in [5.41, 5.74) is 1.94. The standard InChI is InChI=1S/C30H42FN3O4S/c1-6-27(29(36)32-25-10-8-7-9-11-25)33(20-22-12-16-24(31)17-13-22)28(35)21-34(39(5,37)38)26-18-14-23(15-19-26)30(2,3)4/h12-19,25,27H,6-11,20-21H2,1-5H3,(H,32,36)/t27-/m1/s1. The largest absolute Gasteiger partial charge is 0.352 e. The number of sulfonamides is 1. The van der Waals surface area contributed by atoms with Gasteiger partial charge in [-0.15, -0.1) is 0 Å². The first-order chi connectivity index (χ1) is 18.3. The van der Waals surface area contributed by atoms with Crippen molar-refractivity contribution in [1.82, 2.24) is 10.2 Å². The molecule has 0 spiro atoms. The van der Waals surface area contributed by atoms with Gasteiger partial charge in [-0.3, -0.25) is 13.9 Å². The van der Waals surface area contributed by atoms with Crippen molar-refractivity contribution in [3.8, 4) is 0 Å². The molecule has 1 aliphatic carbocycles. The number of nitrogens with zero attached hydrogens (tertiary/aromatic N) is 2. The molecule has 2 aromatic carbocycles. The molecular weight excluding hydrogens is 517 g/mol. The molecule has 2 aromatic rings. The van der Waals surface area contributed by atoms with E-state index in [1.54, 1.807) is 24.3 Å². The molecule has 0 aliphatic heterocycles. The molecule has 3 rings (SSSR count). The van der Waals surface area contributed by atoms with Crippen molar-refractivity contribution in [3.05, 3.63) is 65.5 Å². The van der Waals surface area contributed by atoms with Gasteiger partial charge in [0.2, 0.25) is 21.8 Å². The van der Waals surface area contributed by atoms with Gasteiger partial charge in [-0.25, -0.2) is 12.8 Å². The highest BCUT2D eigenvalue weighted by molar-refractivity contribution is 7.92. The fraction of sp³-hybridized carbons (Fsp3) is 0.533. The predicted molar refractivity (Wildman–Crippen MR) is 153 cm³/mol. The SMILES string of the molecule is CC[C@H](C(=O)NC1CCCCC1)N(Cc1ccc(F)cc1)C(=O)CN(c1ccc(C(C)(C)C)cc1)S(C)(=O)=O. The molecule has 2 amide bonds. The fourth-order valence-corrected chi connectivity index (χ4v) is 5.84. The van der Waals surface area contributed by atoms with Crippen LogP contribution in [0.2, 0.25) is 0 Å². The van der Waals surface area contributed by atoms with Crippen molar-refractivity contribution in [2.24, 2.45) is 0 Å². The van der Waals surface area contributed by atoms with Gasteiger partial charge in [-0.1, -0.05) is 71.2 Å². The Labute approximate surface area is 232 Å². The molecule has 0 bridgehead atoms. The Morgan fingerprint density at radius 2 is 1.59 bits per heavy atom. The van der Waals surface area contributed by atoms with Gasteiger partial charge in [0, 0.05) is 12.6 Å². The molecule has 214 valence electrons. The summed E-state index contributed by atoms with van der Waals surface area (Å²) in [6, 6.07) is 12.1. The van der Waals surface area contributed by atoms with E-state index in [4.69, 9.17) is 0 Å². The van der Waals surface area contributed by atoms with E-state index in [1.807, 2.05) is 19.1 Å². The van der Waals surface area contributed by atoms with Crippen molar-refractivity contribution >= 4 is 27.5 Å². The van der Waals surface area contributed by atoms with Crippen LogP contribution in [0.3, 0.4) is 0 Å². The highest BCUT2D eigenvalue weighted by Crippen LogP contribution is 2.26. The molecule has 1 N–H and O–H groups in total. The van der Waals surface area contributed by atoms with Crippen LogP contribution in [0.15, 0.2) is 48.5 Å². The maximum Gasteiger partial charge on any atom is 0.244 e. The topological polar surface area (TPSA) is 86.8 Å². The number of anilines is 1. The third kappa shape index (κ3) is 8.52. The molecule has 0 heterocycles. The van der Waals surface area contributed by atoms with E-state index >= 15 is 0 Å². The lowest BCUT2D eigenvalue weighted by molar-refractivity contribution is -0.140. The lowest BCUT2D eigenvalue weighted by Gasteiger charge is -2.34. The molecule has 39 heavy (non-hydrogen) atoms. The first-order valence-electron chi connectivity index (χ1n) is 13.7. The normalized spacial score (nSPS) is 15.4. The molecule has 1 atom stereocenters. The van der Waals surface area contributed by atoms with E-state index in [0.717, 1.165) is 48.2 Å². The Kier molecular flexibility index (Phi) is 10.2. The van der Waals surface area contributed by atoms with Crippen LogP contribution in [0.5, 0.6) is 0 Å². The first-order valence-corrected chi connectivity index (χ1v) is 15.6. The Hall–Kier alpha value is -2.94. The van der Waals surface area contributed by atoms with E-state index in [-0.39, 0.29) is 23.9 Å². The van der Waals surface area contributed by atoms with Crippen LogP contribution in [-0.2, 0) is 31.6 Å². The van der Waals surface area contributed by atoms with Gasteiger partial charge in [0.15, 0.2) is 0 Å². The second-order valence-corrected chi connectivity index (χ2v) is 13.4. The van der Waals surface area contributed by atoms with E-state index in [9.17, 15) is 22.4 Å². The monoisotopic (exact) mass is 559 g/mol. The van der Waals surface area contributed by atoms with Gasteiger partial charge in [0.1, 0.15) is 18.4 Å². The lowest BCUT2D eigenvalue weighted by atomic mass is 9.87. The molecule has 0 radical (unpaired) electrons. The van der Waals surface area contributed by atoms with Crippen LogP contribution in [0, 0.1) is 5.82 Å². The van der Waals surface area contributed by atoms with Crippen molar-refractivity contribution in [3.63, 3.8) is 0 Å². The van der Waals surface area contributed by atoms with Crippen LogP contribution in [-0.4, -0.2) is 50.0 Å². The van der Waals surface area contributed by atoms with Gasteiger partial charge in [-0.2, -0.15) is 0 Å². The predicted octanol–water partition coefficient (Wildman–Crippen LogP) is 5.15. The molecule has 0 saturated heterocycles. The molecule has 7 nitrogen and oxygen atoms in total. The van der Waals surface area contributed by atoms with Gasteiger partial charge < -0.3 is 10.2 Å². The average Bonchev–Trinajstić information content (AvgIpc) is 2.87. The number of hydrogen-bond acceptors (Lipinski definition) is 4. The van der Waals surface area contributed by atoms with Gasteiger partial charge >= 0.3 is 0 Å². The minimum Gasteiger partial charge on any atom is -0.352 e. The zero-order valence-electron chi connectivity index (χ0n) is 23.7. The summed E-state index contributed by atoms with van der Waals surface area (Å²) < 4.78 is 40.3. The molecule has 0 aromatic heterocycles. The maximum absolute atomic E-state index is 13.8. The van der Waals surface area contributed by atoms with E-state index in [0.29, 0.717) is 17.7 Å². The molecule has 1 fully saturated rings. The van der Waals surface area contributed by atoms with Crippen LogP contribution in [0.4, 0.5) is 10.1 Å². The molecular formula is C30H42FN3O4S. The molecule has 1 saturated carbocycles. The zero-order chi connectivity index (χ0) is 28.8. The summed E-state index contributed by atoms with van der Waals surface area (Å²) in [7, 11) is -3.81. The lowest BCUT2D eigenvalue weighted by Crippen LogP contribution is -2.53. The quantitative estimate of drug-likeness (QED) is 0.437. The summed E-state index contributed by atoms with van der Waals surface area (Å²) in [4.78, 5) is 28.7. The number of carbonyl (C=O) groups is 2. The summed E-state index contributed by atoms with van der Waals surface area (Å²) >= 11 is 0. The van der Waals surface area contributed by atoms with Crippen LogP contribution < -0.4 is 9.62 Å².